The van der Waals surface area contributed by atoms with Crippen LogP contribution < -0.4 is 5.73 Å². The van der Waals surface area contributed by atoms with Gasteiger partial charge in [0, 0.05) is 37.9 Å². The summed E-state index contributed by atoms with van der Waals surface area (Å²) in [5.74, 6) is 1.39. The average molecular weight is 310 g/mol. The van der Waals surface area contributed by atoms with E-state index in [4.69, 9.17) is 5.73 Å². The van der Waals surface area contributed by atoms with Crippen LogP contribution in [-0.2, 0) is 13.1 Å². The number of nitrogens with two attached hydrogens (primary N) is 1. The van der Waals surface area contributed by atoms with Crippen molar-refractivity contribution in [2.75, 3.05) is 32.4 Å². The second kappa shape index (κ2) is 7.57. The van der Waals surface area contributed by atoms with Crippen molar-refractivity contribution in [1.82, 2.24) is 14.8 Å². The molecule has 122 valence electrons. The van der Waals surface area contributed by atoms with Gasteiger partial charge in [-0.1, -0.05) is 36.4 Å². The highest BCUT2D eigenvalue weighted by molar-refractivity contribution is 5.38. The smallest absolute Gasteiger partial charge is 0.127 e. The highest BCUT2D eigenvalue weighted by Crippen LogP contribution is 2.20. The lowest BCUT2D eigenvalue weighted by Crippen LogP contribution is -2.28. The van der Waals surface area contributed by atoms with E-state index >= 15 is 0 Å². The molecule has 1 aromatic carbocycles. The van der Waals surface area contributed by atoms with Gasteiger partial charge >= 0.3 is 0 Å². The maximum absolute atomic E-state index is 5.94. The van der Waals surface area contributed by atoms with Crippen molar-refractivity contribution >= 4 is 5.82 Å². The molecule has 0 bridgehead atoms. The van der Waals surface area contributed by atoms with Crippen LogP contribution >= 0.6 is 0 Å². The molecular formula is C19H26N4. The van der Waals surface area contributed by atoms with Crippen LogP contribution in [0.1, 0.15) is 17.5 Å². The highest BCUT2D eigenvalue weighted by atomic mass is 15.2. The van der Waals surface area contributed by atoms with Crippen LogP contribution in [0.2, 0.25) is 0 Å². The first-order chi connectivity index (χ1) is 11.2. The van der Waals surface area contributed by atoms with Gasteiger partial charge in [0.05, 0.1) is 0 Å². The van der Waals surface area contributed by atoms with E-state index in [-0.39, 0.29) is 0 Å². The fourth-order valence-corrected chi connectivity index (χ4v) is 3.43. The molecule has 1 aliphatic rings. The Hall–Kier alpha value is -1.91. The molecule has 1 aromatic heterocycles. The zero-order chi connectivity index (χ0) is 16.1. The minimum Gasteiger partial charge on any atom is -0.383 e. The van der Waals surface area contributed by atoms with Crippen molar-refractivity contribution < 1.29 is 0 Å². The molecule has 1 saturated heterocycles. The summed E-state index contributed by atoms with van der Waals surface area (Å²) in [5.41, 5.74) is 8.47. The average Bonchev–Trinajstić information content (AvgIpc) is 2.97. The number of aromatic nitrogens is 1. The number of nitrogen functional groups attached to an aromatic ring is 1. The molecule has 2 heterocycles. The van der Waals surface area contributed by atoms with Gasteiger partial charge in [0.1, 0.15) is 5.82 Å². The van der Waals surface area contributed by atoms with Gasteiger partial charge < -0.3 is 10.6 Å². The molecule has 0 amide bonds. The minimum atomic E-state index is 0.650. The van der Waals surface area contributed by atoms with E-state index in [1.54, 1.807) is 6.20 Å². The lowest BCUT2D eigenvalue weighted by molar-refractivity contribution is 0.255. The van der Waals surface area contributed by atoms with E-state index in [0.717, 1.165) is 31.1 Å². The first-order valence-electron chi connectivity index (χ1n) is 8.35. The molecule has 1 aliphatic heterocycles. The molecule has 4 heteroatoms. The van der Waals surface area contributed by atoms with Gasteiger partial charge in [-0.25, -0.2) is 4.98 Å². The molecule has 0 radical (unpaired) electrons. The van der Waals surface area contributed by atoms with Gasteiger partial charge in [0.15, 0.2) is 0 Å². The Morgan fingerprint density at radius 2 is 2.04 bits per heavy atom. The van der Waals surface area contributed by atoms with Crippen molar-refractivity contribution in [3.63, 3.8) is 0 Å². The molecule has 3 rings (SSSR count). The lowest BCUT2D eigenvalue weighted by atomic mass is 10.1. The zero-order valence-electron chi connectivity index (χ0n) is 13.9. The molecule has 2 N–H and O–H groups in total. The fraction of sp³-hybridized carbons (Fsp3) is 0.421. The maximum Gasteiger partial charge on any atom is 0.127 e. The number of nitrogens with zero attached hydrogens (tertiary/aromatic N) is 3. The molecule has 0 unspecified atom stereocenters. The third kappa shape index (κ3) is 4.53. The molecule has 4 nitrogen and oxygen atoms in total. The van der Waals surface area contributed by atoms with Crippen LogP contribution in [0.4, 0.5) is 5.82 Å². The molecular weight excluding hydrogens is 284 g/mol. The fourth-order valence-electron chi connectivity index (χ4n) is 3.43. The molecule has 0 spiro atoms. The van der Waals surface area contributed by atoms with Crippen molar-refractivity contribution in [3.8, 4) is 0 Å². The summed E-state index contributed by atoms with van der Waals surface area (Å²) in [6.07, 6.45) is 3.02. The summed E-state index contributed by atoms with van der Waals surface area (Å²) in [7, 11) is 2.17. The molecule has 1 atom stereocenters. The number of benzene rings is 1. The summed E-state index contributed by atoms with van der Waals surface area (Å²) in [5, 5.41) is 0. The second-order valence-electron chi connectivity index (χ2n) is 6.62. The molecule has 0 aliphatic carbocycles. The predicted octanol–water partition coefficient (Wildman–Crippen LogP) is 2.62. The van der Waals surface area contributed by atoms with Gasteiger partial charge in [0.2, 0.25) is 0 Å². The van der Waals surface area contributed by atoms with E-state index in [1.807, 2.05) is 6.07 Å². The van der Waals surface area contributed by atoms with Crippen LogP contribution in [0, 0.1) is 5.92 Å². The number of likely N-dealkylation sites (tertiary alicyclic amines) is 1. The van der Waals surface area contributed by atoms with Crippen LogP contribution in [0.25, 0.3) is 0 Å². The van der Waals surface area contributed by atoms with E-state index in [1.165, 1.54) is 25.1 Å². The standard InChI is InChI=1S/C19H26N4/c1-22(15-18-8-5-10-21-19(18)20)12-17-9-11-23(14-17)13-16-6-3-2-4-7-16/h2-8,10,17H,9,11-15H2,1H3,(H2,20,21)/t17-/m0/s1. The normalized spacial score (nSPS) is 18.6. The van der Waals surface area contributed by atoms with Crippen LogP contribution in [0.5, 0.6) is 0 Å². The Bertz CT molecular complexity index is 614. The zero-order valence-corrected chi connectivity index (χ0v) is 13.9. The lowest BCUT2D eigenvalue weighted by Gasteiger charge is -2.22. The van der Waals surface area contributed by atoms with Crippen molar-refractivity contribution in [2.45, 2.75) is 19.5 Å². The van der Waals surface area contributed by atoms with E-state index in [9.17, 15) is 0 Å². The van der Waals surface area contributed by atoms with Gasteiger partial charge in [-0.05, 0) is 37.6 Å². The third-order valence-corrected chi connectivity index (χ3v) is 4.56. The Morgan fingerprint density at radius 1 is 1.22 bits per heavy atom. The molecule has 2 aromatic rings. The van der Waals surface area contributed by atoms with E-state index < -0.39 is 0 Å². The Morgan fingerprint density at radius 3 is 2.83 bits per heavy atom. The number of hydrogen-bond acceptors (Lipinski definition) is 4. The number of rotatable bonds is 6. The first kappa shape index (κ1) is 16.0. The number of anilines is 1. The quantitative estimate of drug-likeness (QED) is 0.891. The minimum absolute atomic E-state index is 0.650. The van der Waals surface area contributed by atoms with Crippen LogP contribution in [-0.4, -0.2) is 41.5 Å². The second-order valence-corrected chi connectivity index (χ2v) is 6.62. The molecule has 1 fully saturated rings. The largest absolute Gasteiger partial charge is 0.383 e. The van der Waals surface area contributed by atoms with Gasteiger partial charge in [-0.15, -0.1) is 0 Å². The Kier molecular flexibility index (Phi) is 5.26. The van der Waals surface area contributed by atoms with Crippen molar-refractivity contribution in [3.05, 3.63) is 59.8 Å². The topological polar surface area (TPSA) is 45.4 Å². The Balaban J connectivity index is 1.47. The van der Waals surface area contributed by atoms with Crippen LogP contribution in [0.3, 0.4) is 0 Å². The number of hydrogen-bond donors (Lipinski definition) is 1. The summed E-state index contributed by atoms with van der Waals surface area (Å²) in [6, 6.07) is 14.8. The van der Waals surface area contributed by atoms with E-state index in [2.05, 4.69) is 58.2 Å². The monoisotopic (exact) mass is 310 g/mol. The van der Waals surface area contributed by atoms with Gasteiger partial charge in [0.25, 0.3) is 0 Å². The van der Waals surface area contributed by atoms with Crippen molar-refractivity contribution in [1.29, 1.82) is 0 Å². The Labute approximate surface area is 138 Å². The summed E-state index contributed by atoms with van der Waals surface area (Å²) >= 11 is 0. The van der Waals surface area contributed by atoms with E-state index in [0.29, 0.717) is 5.82 Å². The number of pyridine rings is 1. The predicted molar refractivity (Wildman–Crippen MR) is 94.8 cm³/mol. The third-order valence-electron chi connectivity index (χ3n) is 4.56. The molecule has 23 heavy (non-hydrogen) atoms. The van der Waals surface area contributed by atoms with Crippen LogP contribution in [0.15, 0.2) is 48.7 Å². The van der Waals surface area contributed by atoms with Gasteiger partial charge in [-0.2, -0.15) is 0 Å². The van der Waals surface area contributed by atoms with Gasteiger partial charge in [-0.3, -0.25) is 4.90 Å². The SMILES string of the molecule is CN(Cc1cccnc1N)C[C@@H]1CCN(Cc2ccccc2)C1. The highest BCUT2D eigenvalue weighted by Gasteiger charge is 2.23. The summed E-state index contributed by atoms with van der Waals surface area (Å²) < 4.78 is 0. The maximum atomic E-state index is 5.94. The first-order valence-corrected chi connectivity index (χ1v) is 8.35. The summed E-state index contributed by atoms with van der Waals surface area (Å²) in [4.78, 5) is 9.09. The summed E-state index contributed by atoms with van der Waals surface area (Å²) in [6.45, 7) is 5.43. The van der Waals surface area contributed by atoms with Crippen molar-refractivity contribution in [2.24, 2.45) is 5.92 Å². The molecule has 0 saturated carbocycles.